The number of para-hydroxylation sites is 1. The minimum absolute atomic E-state index is 0.00684. The lowest BCUT2D eigenvalue weighted by Crippen LogP contribution is -2.29. The number of anilines is 1. The van der Waals surface area contributed by atoms with E-state index in [1.54, 1.807) is 31.2 Å². The first-order valence-corrected chi connectivity index (χ1v) is 9.44. The second-order valence-corrected chi connectivity index (χ2v) is 6.67. The number of phenolic OH excluding ortho intramolecular Hbond substituents is 1. The molecule has 2 aromatic rings. The Morgan fingerprint density at radius 3 is 2.67 bits per heavy atom. The summed E-state index contributed by atoms with van der Waals surface area (Å²) in [5.41, 5.74) is 5.22. The maximum Gasteiger partial charge on any atom is 0.303 e. The van der Waals surface area contributed by atoms with Crippen molar-refractivity contribution in [2.75, 3.05) is 12.0 Å². The molecule has 1 aliphatic heterocycles. The molecule has 8 nitrogen and oxygen atoms in total. The van der Waals surface area contributed by atoms with Crippen molar-refractivity contribution in [3.63, 3.8) is 0 Å². The average molecular weight is 406 g/mol. The molecule has 1 heterocycles. The number of benzene rings is 2. The highest BCUT2D eigenvalue weighted by Crippen LogP contribution is 2.29. The van der Waals surface area contributed by atoms with E-state index in [0.717, 1.165) is 5.56 Å². The van der Waals surface area contributed by atoms with Gasteiger partial charge < -0.3 is 10.2 Å². The summed E-state index contributed by atoms with van der Waals surface area (Å²) in [6.07, 6.45) is 3.94. The van der Waals surface area contributed by atoms with E-state index in [-0.39, 0.29) is 24.4 Å². The van der Waals surface area contributed by atoms with Crippen molar-refractivity contribution in [1.82, 2.24) is 5.01 Å². The van der Waals surface area contributed by atoms with Crippen LogP contribution in [-0.4, -0.2) is 45.1 Å². The Morgan fingerprint density at radius 1 is 1.17 bits per heavy atom. The predicted octanol–water partition coefficient (Wildman–Crippen LogP) is 3.41. The minimum Gasteiger partial charge on any atom is -0.505 e. The van der Waals surface area contributed by atoms with Gasteiger partial charge in [0.15, 0.2) is 5.71 Å². The zero-order valence-electron chi connectivity index (χ0n) is 16.4. The largest absolute Gasteiger partial charge is 0.505 e. The monoisotopic (exact) mass is 406 g/mol. The quantitative estimate of drug-likeness (QED) is 0.353. The molecule has 0 aromatic heterocycles. The van der Waals surface area contributed by atoms with Crippen LogP contribution in [0.1, 0.15) is 30.9 Å². The van der Waals surface area contributed by atoms with Gasteiger partial charge in [-0.05, 0) is 25.0 Å². The van der Waals surface area contributed by atoms with Crippen molar-refractivity contribution in [2.24, 2.45) is 10.2 Å². The number of hydrogen-bond acceptors (Lipinski definition) is 6. The molecule has 0 fully saturated rings. The van der Waals surface area contributed by atoms with Crippen LogP contribution < -0.4 is 5.43 Å². The van der Waals surface area contributed by atoms with Crippen molar-refractivity contribution in [3.05, 3.63) is 59.7 Å². The topological polar surface area (TPSA) is 115 Å². The van der Waals surface area contributed by atoms with Gasteiger partial charge in [0.05, 0.1) is 11.4 Å². The van der Waals surface area contributed by atoms with Crippen molar-refractivity contribution < 1.29 is 19.8 Å². The maximum atomic E-state index is 12.4. The number of carboxylic acids is 1. The molecule has 3 rings (SSSR count). The molecule has 0 atom stereocenters. The zero-order valence-corrected chi connectivity index (χ0v) is 16.4. The highest BCUT2D eigenvalue weighted by Gasteiger charge is 2.29. The molecule has 1 aliphatic rings. The van der Waals surface area contributed by atoms with E-state index in [1.807, 2.05) is 36.4 Å². The Labute approximate surface area is 173 Å². The Morgan fingerprint density at radius 2 is 1.93 bits per heavy atom. The summed E-state index contributed by atoms with van der Waals surface area (Å²) < 4.78 is 0. The van der Waals surface area contributed by atoms with E-state index in [1.165, 1.54) is 5.01 Å². The van der Waals surface area contributed by atoms with Crippen LogP contribution in [0, 0.1) is 0 Å². The van der Waals surface area contributed by atoms with Gasteiger partial charge in [-0.15, -0.1) is 0 Å². The van der Waals surface area contributed by atoms with Crippen molar-refractivity contribution in [1.29, 1.82) is 0 Å². The van der Waals surface area contributed by atoms with Crippen molar-refractivity contribution in [2.45, 2.75) is 19.8 Å². The Hall–Kier alpha value is -3.94. The number of hydrazone groups is 2. The summed E-state index contributed by atoms with van der Waals surface area (Å²) in [4.78, 5) is 23.1. The van der Waals surface area contributed by atoms with E-state index in [4.69, 9.17) is 5.11 Å². The third-order valence-corrected chi connectivity index (χ3v) is 4.42. The van der Waals surface area contributed by atoms with E-state index in [2.05, 4.69) is 15.6 Å². The molecule has 8 heteroatoms. The number of carboxylic acid groups (broad SMARTS) is 1. The smallest absolute Gasteiger partial charge is 0.303 e. The predicted molar refractivity (Wildman–Crippen MR) is 116 cm³/mol. The van der Waals surface area contributed by atoms with E-state index in [9.17, 15) is 14.7 Å². The molecule has 0 unspecified atom stereocenters. The number of hydrogen-bond donors (Lipinski definition) is 3. The van der Waals surface area contributed by atoms with Gasteiger partial charge in [-0.1, -0.05) is 54.6 Å². The molecule has 0 radical (unpaired) electrons. The number of aliphatic carboxylic acids is 1. The van der Waals surface area contributed by atoms with Gasteiger partial charge in [0, 0.05) is 18.5 Å². The number of amides is 1. The fraction of sp³-hybridized carbons (Fsp3) is 0.182. The number of rotatable bonds is 8. The van der Waals surface area contributed by atoms with Crippen LogP contribution >= 0.6 is 0 Å². The number of carbonyl (C=O) groups is 2. The Bertz CT molecular complexity index is 1030. The zero-order chi connectivity index (χ0) is 21.5. The number of carbonyl (C=O) groups excluding carboxylic acids is 1. The third-order valence-electron chi connectivity index (χ3n) is 4.42. The lowest BCUT2D eigenvalue weighted by molar-refractivity contribution is -0.137. The molecule has 154 valence electrons. The minimum atomic E-state index is -0.922. The molecule has 0 saturated carbocycles. The second-order valence-electron chi connectivity index (χ2n) is 6.67. The molecule has 1 amide bonds. The molecule has 30 heavy (non-hydrogen) atoms. The van der Waals surface area contributed by atoms with Gasteiger partial charge in [0.2, 0.25) is 0 Å². The molecule has 3 N–H and O–H groups in total. The van der Waals surface area contributed by atoms with Gasteiger partial charge in [-0.3, -0.25) is 15.0 Å². The van der Waals surface area contributed by atoms with Crippen LogP contribution in [0.15, 0.2) is 58.7 Å². The number of nitrogens with zero attached hydrogens (tertiary/aromatic N) is 3. The van der Waals surface area contributed by atoms with Gasteiger partial charge in [0.1, 0.15) is 5.75 Å². The molecular formula is C22H22N4O4. The lowest BCUT2D eigenvalue weighted by atomic mass is 10.1. The fourth-order valence-electron chi connectivity index (χ4n) is 2.86. The molecule has 2 aromatic carbocycles. The molecule has 0 saturated heterocycles. The number of aromatic hydroxyl groups is 1. The summed E-state index contributed by atoms with van der Waals surface area (Å²) in [5.74, 6) is -1.33. The van der Waals surface area contributed by atoms with E-state index >= 15 is 0 Å². The number of nitrogens with one attached hydrogen (secondary N) is 1. The highest BCUT2D eigenvalue weighted by molar-refractivity contribution is 6.68. The van der Waals surface area contributed by atoms with Crippen molar-refractivity contribution in [3.8, 4) is 5.75 Å². The van der Waals surface area contributed by atoms with Crippen LogP contribution in [0.5, 0.6) is 5.75 Å². The standard InChI is InChI=1S/C22H22N4O4/c1-15-20(22(30)26(25-15)14-6-11-19(27)28)24-23-18-10-5-9-17(21(18)29)13-12-16-7-3-2-4-8-16/h2-5,7-10,12-13,23,29H,6,11,14H2,1H3,(H,27,28)/b13-12+,24-20-. The lowest BCUT2D eigenvalue weighted by Gasteiger charge is -2.10. The normalized spacial score (nSPS) is 15.1. The first-order chi connectivity index (χ1) is 14.5. The SMILES string of the molecule is CC1=NN(CCCC(=O)O)C(=O)/C1=N\Nc1cccc(/C=C/c2ccccc2)c1O. The Balaban J connectivity index is 1.70. The summed E-state index contributed by atoms with van der Waals surface area (Å²) in [6, 6.07) is 14.9. The molecule has 0 bridgehead atoms. The first-order valence-electron chi connectivity index (χ1n) is 9.44. The van der Waals surface area contributed by atoms with Crippen molar-refractivity contribution >= 4 is 41.1 Å². The van der Waals surface area contributed by atoms with Crippen LogP contribution in [0.25, 0.3) is 12.2 Å². The number of phenols is 1. The summed E-state index contributed by atoms with van der Waals surface area (Å²) >= 11 is 0. The molecule has 0 aliphatic carbocycles. The van der Waals surface area contributed by atoms with Gasteiger partial charge in [-0.2, -0.15) is 10.2 Å². The highest BCUT2D eigenvalue weighted by atomic mass is 16.4. The van der Waals surface area contributed by atoms with Gasteiger partial charge >= 0.3 is 5.97 Å². The summed E-state index contributed by atoms with van der Waals surface area (Å²) in [7, 11) is 0. The molecule has 0 spiro atoms. The maximum absolute atomic E-state index is 12.4. The van der Waals surface area contributed by atoms with Crippen LogP contribution in [0.4, 0.5) is 5.69 Å². The summed E-state index contributed by atoms with van der Waals surface area (Å²) in [5, 5.41) is 28.7. The third kappa shape index (κ3) is 5.11. The average Bonchev–Trinajstić information content (AvgIpc) is 3.00. The first kappa shape index (κ1) is 20.8. The molecular weight excluding hydrogens is 384 g/mol. The van der Waals surface area contributed by atoms with Crippen LogP contribution in [0.3, 0.4) is 0 Å². The Kier molecular flexibility index (Phi) is 6.59. The van der Waals surface area contributed by atoms with Gasteiger partial charge in [0.25, 0.3) is 5.91 Å². The van der Waals surface area contributed by atoms with Crippen LogP contribution in [0.2, 0.25) is 0 Å². The van der Waals surface area contributed by atoms with E-state index in [0.29, 0.717) is 23.4 Å². The van der Waals surface area contributed by atoms with Crippen LogP contribution in [-0.2, 0) is 9.59 Å². The van der Waals surface area contributed by atoms with E-state index < -0.39 is 11.9 Å². The van der Waals surface area contributed by atoms with Gasteiger partial charge in [-0.25, -0.2) is 5.01 Å². The second kappa shape index (κ2) is 9.51. The fourth-order valence-corrected chi connectivity index (χ4v) is 2.86. The summed E-state index contributed by atoms with van der Waals surface area (Å²) in [6.45, 7) is 1.85.